The van der Waals surface area contributed by atoms with Gasteiger partial charge in [-0.15, -0.1) is 0 Å². The largest absolute Gasteiger partial charge is 0.494 e. The Morgan fingerprint density at radius 1 is 1.17 bits per heavy atom. The Morgan fingerprint density at radius 3 is 2.35 bits per heavy atom. The van der Waals surface area contributed by atoms with Crippen molar-refractivity contribution < 1.29 is 26.7 Å². The maximum absolute atomic E-state index is 13.6. The highest BCUT2D eigenvalue weighted by Gasteiger charge is 2.46. The van der Waals surface area contributed by atoms with Crippen LogP contribution in [-0.4, -0.2) is 31.8 Å². The predicted octanol–water partition coefficient (Wildman–Crippen LogP) is 2.90. The van der Waals surface area contributed by atoms with E-state index in [1.54, 1.807) is 0 Å². The molecule has 0 aliphatic carbocycles. The van der Waals surface area contributed by atoms with Crippen LogP contribution >= 0.6 is 0 Å². The van der Waals surface area contributed by atoms with Crippen LogP contribution in [0.3, 0.4) is 0 Å². The molecule has 1 aromatic carbocycles. The molecule has 2 bridgehead atoms. The third kappa shape index (κ3) is 2.75. The van der Waals surface area contributed by atoms with Gasteiger partial charge in [0.2, 0.25) is 5.82 Å². The van der Waals surface area contributed by atoms with E-state index in [0.29, 0.717) is 12.8 Å². The Hall–Kier alpha value is -1.50. The second-order valence-electron chi connectivity index (χ2n) is 6.27. The SMILES string of the molecule is COc1cc(C(=O)C2CC3CCCC(C2)S3(=O)=O)cc(F)c1F. The highest BCUT2D eigenvalue weighted by Crippen LogP contribution is 2.40. The van der Waals surface area contributed by atoms with Crippen LogP contribution in [0.1, 0.15) is 42.5 Å². The lowest BCUT2D eigenvalue weighted by molar-refractivity contribution is 0.0893. The van der Waals surface area contributed by atoms with Crippen LogP contribution in [0.2, 0.25) is 0 Å². The molecule has 2 aliphatic heterocycles. The van der Waals surface area contributed by atoms with Crippen LogP contribution in [0, 0.1) is 17.6 Å². The van der Waals surface area contributed by atoms with Gasteiger partial charge in [-0.25, -0.2) is 12.8 Å². The number of ketones is 1. The number of carbonyl (C=O) groups is 1. The molecule has 3 rings (SSSR count). The van der Waals surface area contributed by atoms with Gasteiger partial charge in [-0.1, -0.05) is 6.42 Å². The summed E-state index contributed by atoms with van der Waals surface area (Å²) < 4.78 is 56.4. The Kier molecular flexibility index (Phi) is 4.16. The lowest BCUT2D eigenvalue weighted by atomic mass is 9.84. The first-order chi connectivity index (χ1) is 10.8. The molecule has 2 heterocycles. The smallest absolute Gasteiger partial charge is 0.200 e. The van der Waals surface area contributed by atoms with E-state index >= 15 is 0 Å². The number of fused-ring (bicyclic) bond motifs is 2. The molecular weight excluding hydrogens is 326 g/mol. The van der Waals surface area contributed by atoms with Crippen LogP contribution in [0.25, 0.3) is 0 Å². The van der Waals surface area contributed by atoms with Crippen molar-refractivity contribution in [2.45, 2.75) is 42.6 Å². The van der Waals surface area contributed by atoms with Crippen LogP contribution in [0.5, 0.6) is 5.75 Å². The van der Waals surface area contributed by atoms with Crippen molar-refractivity contribution in [1.82, 2.24) is 0 Å². The zero-order valence-corrected chi connectivity index (χ0v) is 13.5. The molecule has 0 saturated carbocycles. The first kappa shape index (κ1) is 16.4. The third-order valence-electron chi connectivity index (χ3n) is 4.95. The molecule has 7 heteroatoms. The Balaban J connectivity index is 1.89. The number of hydrogen-bond acceptors (Lipinski definition) is 4. The van der Waals surface area contributed by atoms with Crippen molar-refractivity contribution in [3.8, 4) is 5.75 Å². The number of carbonyl (C=O) groups excluding carboxylic acids is 1. The summed E-state index contributed by atoms with van der Waals surface area (Å²) in [5, 5.41) is -0.979. The fraction of sp³-hybridized carbons (Fsp3) is 0.562. The topological polar surface area (TPSA) is 60.4 Å². The van der Waals surface area contributed by atoms with Crippen LogP contribution < -0.4 is 4.74 Å². The molecular formula is C16H18F2O4S. The van der Waals surface area contributed by atoms with Gasteiger partial charge in [0, 0.05) is 11.5 Å². The summed E-state index contributed by atoms with van der Waals surface area (Å²) >= 11 is 0. The van der Waals surface area contributed by atoms with Gasteiger partial charge in [0.25, 0.3) is 0 Å². The van der Waals surface area contributed by atoms with Crippen LogP contribution in [-0.2, 0) is 9.84 Å². The summed E-state index contributed by atoms with van der Waals surface area (Å²) in [4.78, 5) is 12.6. The molecule has 2 atom stereocenters. The normalized spacial score (nSPS) is 29.1. The fourth-order valence-corrected chi connectivity index (χ4v) is 6.25. The highest BCUT2D eigenvalue weighted by molar-refractivity contribution is 7.92. The maximum atomic E-state index is 13.6. The van der Waals surface area contributed by atoms with Gasteiger partial charge in [-0.05, 0) is 37.8 Å². The summed E-state index contributed by atoms with van der Waals surface area (Å²) in [5.41, 5.74) is 0.0307. The van der Waals surface area contributed by atoms with Crippen molar-refractivity contribution in [3.63, 3.8) is 0 Å². The lowest BCUT2D eigenvalue weighted by Gasteiger charge is -2.38. The van der Waals surface area contributed by atoms with Crippen molar-refractivity contribution in [3.05, 3.63) is 29.3 Å². The zero-order chi connectivity index (χ0) is 16.8. The fourth-order valence-electron chi connectivity index (χ4n) is 3.71. The van der Waals surface area contributed by atoms with Crippen LogP contribution in [0.4, 0.5) is 8.78 Å². The van der Waals surface area contributed by atoms with Gasteiger partial charge in [0.05, 0.1) is 17.6 Å². The number of Topliss-reactive ketones (excluding diaryl/α,β-unsaturated/α-hetero) is 1. The molecule has 126 valence electrons. The van der Waals surface area contributed by atoms with Gasteiger partial charge in [0.15, 0.2) is 27.2 Å². The monoisotopic (exact) mass is 344 g/mol. The number of methoxy groups -OCH3 is 1. The molecule has 0 aromatic heterocycles. The number of hydrogen-bond donors (Lipinski definition) is 0. The van der Waals surface area contributed by atoms with Crippen molar-refractivity contribution in [2.24, 2.45) is 5.92 Å². The summed E-state index contributed by atoms with van der Waals surface area (Å²) in [6.45, 7) is 0. The van der Waals surface area contributed by atoms with Gasteiger partial charge >= 0.3 is 0 Å². The first-order valence-electron chi connectivity index (χ1n) is 7.64. The number of benzene rings is 1. The lowest BCUT2D eigenvalue weighted by Crippen LogP contribution is -2.45. The molecule has 2 aliphatic rings. The van der Waals surface area contributed by atoms with Crippen molar-refractivity contribution >= 4 is 15.6 Å². The van der Waals surface area contributed by atoms with Gasteiger partial charge in [0.1, 0.15) is 0 Å². The molecule has 2 fully saturated rings. The van der Waals surface area contributed by atoms with Gasteiger partial charge < -0.3 is 4.74 Å². The van der Waals surface area contributed by atoms with Gasteiger partial charge in [-0.3, -0.25) is 4.79 Å². The zero-order valence-electron chi connectivity index (χ0n) is 12.7. The molecule has 2 saturated heterocycles. The number of sulfone groups is 1. The Morgan fingerprint density at radius 2 is 1.78 bits per heavy atom. The molecule has 23 heavy (non-hydrogen) atoms. The standard InChI is InChI=1S/C16H18F2O4S/c1-22-14-8-10(7-13(17)15(14)18)16(19)9-5-11-3-2-4-12(6-9)23(11,20)21/h7-9,11-12H,2-6H2,1H3. The number of ether oxygens (including phenoxy) is 1. The van der Waals surface area contributed by atoms with Crippen LogP contribution in [0.15, 0.2) is 12.1 Å². The van der Waals surface area contributed by atoms with E-state index in [4.69, 9.17) is 4.74 Å². The molecule has 0 spiro atoms. The van der Waals surface area contributed by atoms with E-state index in [-0.39, 0.29) is 29.9 Å². The number of halogens is 2. The minimum atomic E-state index is -3.15. The molecule has 0 N–H and O–H groups in total. The van der Waals surface area contributed by atoms with E-state index < -0.39 is 37.9 Å². The van der Waals surface area contributed by atoms with E-state index in [2.05, 4.69) is 0 Å². The second kappa shape index (κ2) is 5.85. The quantitative estimate of drug-likeness (QED) is 0.791. The molecule has 4 nitrogen and oxygen atoms in total. The average Bonchev–Trinajstić information content (AvgIpc) is 2.48. The average molecular weight is 344 g/mol. The van der Waals surface area contributed by atoms with E-state index in [9.17, 15) is 22.0 Å². The summed E-state index contributed by atoms with van der Waals surface area (Å²) in [6, 6.07) is 2.04. The molecule has 0 radical (unpaired) electrons. The van der Waals surface area contributed by atoms with E-state index in [1.165, 1.54) is 13.2 Å². The summed E-state index contributed by atoms with van der Waals surface area (Å²) in [6.07, 6.45) is 2.53. The minimum Gasteiger partial charge on any atom is -0.494 e. The number of rotatable bonds is 3. The minimum absolute atomic E-state index is 0.0307. The van der Waals surface area contributed by atoms with Crippen molar-refractivity contribution in [2.75, 3.05) is 7.11 Å². The third-order valence-corrected chi connectivity index (χ3v) is 7.66. The van der Waals surface area contributed by atoms with E-state index in [1.807, 2.05) is 0 Å². The van der Waals surface area contributed by atoms with E-state index in [0.717, 1.165) is 12.5 Å². The highest BCUT2D eigenvalue weighted by atomic mass is 32.2. The molecule has 2 unspecified atom stereocenters. The maximum Gasteiger partial charge on any atom is 0.200 e. The molecule has 0 amide bonds. The first-order valence-corrected chi connectivity index (χ1v) is 9.25. The molecule has 1 aromatic rings. The summed E-state index contributed by atoms with van der Waals surface area (Å²) in [5.74, 6) is -3.40. The second-order valence-corrected chi connectivity index (χ2v) is 8.78. The Bertz CT molecular complexity index is 725. The van der Waals surface area contributed by atoms with Crippen molar-refractivity contribution in [1.29, 1.82) is 0 Å². The predicted molar refractivity (Wildman–Crippen MR) is 80.3 cm³/mol. The Labute approximate surface area is 133 Å². The van der Waals surface area contributed by atoms with Gasteiger partial charge in [-0.2, -0.15) is 4.39 Å². The summed E-state index contributed by atoms with van der Waals surface area (Å²) in [7, 11) is -1.95.